The van der Waals surface area contributed by atoms with E-state index in [9.17, 15) is 13.6 Å². The molecule has 0 atom stereocenters. The molecule has 1 aromatic heterocycles. The minimum atomic E-state index is -2.54. The van der Waals surface area contributed by atoms with E-state index < -0.39 is 18.9 Å². The highest BCUT2D eigenvalue weighted by Gasteiger charge is 2.14. The van der Waals surface area contributed by atoms with Gasteiger partial charge in [0.15, 0.2) is 0 Å². The van der Waals surface area contributed by atoms with E-state index in [1.165, 1.54) is 17.9 Å². The van der Waals surface area contributed by atoms with Gasteiger partial charge in [0.05, 0.1) is 18.4 Å². The van der Waals surface area contributed by atoms with Crippen molar-refractivity contribution in [2.24, 2.45) is 5.73 Å². The van der Waals surface area contributed by atoms with Gasteiger partial charge in [-0.25, -0.2) is 13.5 Å². The van der Waals surface area contributed by atoms with Gasteiger partial charge in [0.1, 0.15) is 6.54 Å². The van der Waals surface area contributed by atoms with Crippen LogP contribution in [-0.2, 0) is 17.9 Å². The van der Waals surface area contributed by atoms with E-state index in [-0.39, 0.29) is 13.1 Å². The first kappa shape index (κ1) is 12.5. The quantitative estimate of drug-likeness (QED) is 0.741. The van der Waals surface area contributed by atoms with E-state index in [4.69, 9.17) is 5.73 Å². The van der Waals surface area contributed by atoms with E-state index in [1.54, 1.807) is 0 Å². The molecule has 1 aromatic rings. The van der Waals surface area contributed by atoms with Crippen molar-refractivity contribution in [3.63, 3.8) is 0 Å². The number of carbonyl (C=O) groups excluding carboxylic acids is 1. The molecule has 2 N–H and O–H groups in total. The molecule has 8 heteroatoms. The zero-order valence-electron chi connectivity index (χ0n) is 8.81. The summed E-state index contributed by atoms with van der Waals surface area (Å²) in [6.45, 7) is -0.478. The summed E-state index contributed by atoms with van der Waals surface area (Å²) in [5.74, 6) is -0.450. The summed E-state index contributed by atoms with van der Waals surface area (Å²) < 4.78 is 25.3. The smallest absolute Gasteiger partial charge is 0.255 e. The van der Waals surface area contributed by atoms with Gasteiger partial charge < -0.3 is 10.6 Å². The molecule has 0 saturated carbocycles. The topological polar surface area (TPSA) is 77.0 Å². The molecular weight excluding hydrogens is 220 g/mol. The number of amides is 1. The third kappa shape index (κ3) is 3.54. The highest BCUT2D eigenvalue weighted by atomic mass is 19.3. The maximum atomic E-state index is 12.0. The Balaban J connectivity index is 2.50. The van der Waals surface area contributed by atoms with Crippen LogP contribution in [0.4, 0.5) is 8.78 Å². The summed E-state index contributed by atoms with van der Waals surface area (Å²) in [6, 6.07) is 0. The molecule has 0 aliphatic heterocycles. The minimum Gasteiger partial charge on any atom is -0.338 e. The number of alkyl halides is 2. The third-order valence-corrected chi connectivity index (χ3v) is 1.93. The Bertz CT molecular complexity index is 354. The molecule has 0 aliphatic rings. The van der Waals surface area contributed by atoms with E-state index in [0.717, 1.165) is 4.90 Å². The molecule has 16 heavy (non-hydrogen) atoms. The van der Waals surface area contributed by atoms with Gasteiger partial charge >= 0.3 is 0 Å². The molecule has 0 fully saturated rings. The lowest BCUT2D eigenvalue weighted by atomic mass is 10.4. The summed E-state index contributed by atoms with van der Waals surface area (Å²) in [4.78, 5) is 12.4. The fraction of sp³-hybridized carbons (Fsp3) is 0.625. The van der Waals surface area contributed by atoms with Gasteiger partial charge in [0.2, 0.25) is 5.91 Å². The van der Waals surface area contributed by atoms with Gasteiger partial charge in [-0.3, -0.25) is 4.79 Å². The zero-order valence-corrected chi connectivity index (χ0v) is 8.81. The van der Waals surface area contributed by atoms with Crippen LogP contribution in [-0.4, -0.2) is 45.8 Å². The SMILES string of the molecule is CN(CC(F)F)C(=O)Cn1cc(CN)nn1. The van der Waals surface area contributed by atoms with Crippen molar-refractivity contribution in [1.29, 1.82) is 0 Å². The predicted molar refractivity (Wildman–Crippen MR) is 51.6 cm³/mol. The maximum Gasteiger partial charge on any atom is 0.255 e. The highest BCUT2D eigenvalue weighted by molar-refractivity contribution is 5.75. The van der Waals surface area contributed by atoms with E-state index >= 15 is 0 Å². The number of nitrogens with zero attached hydrogens (tertiary/aromatic N) is 4. The number of halogens is 2. The van der Waals surface area contributed by atoms with Crippen molar-refractivity contribution in [2.75, 3.05) is 13.6 Å². The van der Waals surface area contributed by atoms with Gasteiger partial charge in [0, 0.05) is 13.6 Å². The first-order chi connectivity index (χ1) is 7.52. The standard InChI is InChI=1S/C8H13F2N5O/c1-14(4-7(9)10)8(16)5-15-3-6(2-11)12-13-15/h3,7H,2,4-5,11H2,1H3. The Kier molecular flexibility index (Phi) is 4.29. The van der Waals surface area contributed by atoms with Crippen LogP contribution in [0.3, 0.4) is 0 Å². The number of nitrogens with two attached hydrogens (primary N) is 1. The Morgan fingerprint density at radius 2 is 2.38 bits per heavy atom. The lowest BCUT2D eigenvalue weighted by Crippen LogP contribution is -2.34. The van der Waals surface area contributed by atoms with Crippen molar-refractivity contribution in [1.82, 2.24) is 19.9 Å². The van der Waals surface area contributed by atoms with Gasteiger partial charge in [0.25, 0.3) is 6.43 Å². The van der Waals surface area contributed by atoms with Gasteiger partial charge in [-0.2, -0.15) is 0 Å². The van der Waals surface area contributed by atoms with Crippen LogP contribution in [0.1, 0.15) is 5.69 Å². The van der Waals surface area contributed by atoms with Crippen LogP contribution in [0.15, 0.2) is 6.20 Å². The molecule has 1 amide bonds. The first-order valence-corrected chi connectivity index (χ1v) is 4.64. The summed E-state index contributed by atoms with van der Waals surface area (Å²) in [5, 5.41) is 7.32. The molecular formula is C8H13F2N5O. The Morgan fingerprint density at radius 1 is 1.69 bits per heavy atom. The number of likely N-dealkylation sites (N-methyl/N-ethyl adjacent to an activating group) is 1. The van der Waals surface area contributed by atoms with E-state index in [1.807, 2.05) is 0 Å². The van der Waals surface area contributed by atoms with Crippen molar-refractivity contribution < 1.29 is 13.6 Å². The average molecular weight is 233 g/mol. The lowest BCUT2D eigenvalue weighted by molar-refractivity contribution is -0.132. The number of aromatic nitrogens is 3. The molecule has 0 radical (unpaired) electrons. The largest absolute Gasteiger partial charge is 0.338 e. The van der Waals surface area contributed by atoms with Crippen molar-refractivity contribution in [2.45, 2.75) is 19.5 Å². The summed E-state index contributed by atoms with van der Waals surface area (Å²) in [7, 11) is 1.31. The molecule has 1 rings (SSSR count). The fourth-order valence-corrected chi connectivity index (χ4v) is 1.08. The summed E-state index contributed by atoms with van der Waals surface area (Å²) in [6.07, 6.45) is -1.03. The first-order valence-electron chi connectivity index (χ1n) is 4.64. The zero-order chi connectivity index (χ0) is 12.1. The fourth-order valence-electron chi connectivity index (χ4n) is 1.08. The van der Waals surface area contributed by atoms with Crippen LogP contribution >= 0.6 is 0 Å². The second kappa shape index (κ2) is 5.50. The summed E-state index contributed by atoms with van der Waals surface area (Å²) >= 11 is 0. The monoisotopic (exact) mass is 233 g/mol. The lowest BCUT2D eigenvalue weighted by Gasteiger charge is -2.15. The molecule has 0 aliphatic carbocycles. The Morgan fingerprint density at radius 3 is 2.88 bits per heavy atom. The van der Waals surface area contributed by atoms with E-state index in [2.05, 4.69) is 10.3 Å². The van der Waals surface area contributed by atoms with Gasteiger partial charge in [-0.1, -0.05) is 5.21 Å². The number of hydrogen-bond donors (Lipinski definition) is 1. The minimum absolute atomic E-state index is 0.115. The predicted octanol–water partition coefficient (Wildman–Crippen LogP) is -0.540. The molecule has 6 nitrogen and oxygen atoms in total. The molecule has 0 bridgehead atoms. The molecule has 1 heterocycles. The Labute approximate surface area is 91.0 Å². The number of rotatable bonds is 5. The highest BCUT2D eigenvalue weighted by Crippen LogP contribution is 1.98. The summed E-state index contributed by atoms with van der Waals surface area (Å²) in [5.41, 5.74) is 5.85. The second-order valence-corrected chi connectivity index (χ2v) is 3.28. The average Bonchev–Trinajstić information content (AvgIpc) is 2.64. The van der Waals surface area contributed by atoms with Crippen LogP contribution < -0.4 is 5.73 Å². The van der Waals surface area contributed by atoms with Crippen LogP contribution in [0.25, 0.3) is 0 Å². The Hall–Kier alpha value is -1.57. The van der Waals surface area contributed by atoms with Crippen molar-refractivity contribution in [3.05, 3.63) is 11.9 Å². The molecule has 0 aromatic carbocycles. The van der Waals surface area contributed by atoms with Gasteiger partial charge in [-0.15, -0.1) is 5.10 Å². The van der Waals surface area contributed by atoms with E-state index in [0.29, 0.717) is 5.69 Å². The number of carbonyl (C=O) groups is 1. The van der Waals surface area contributed by atoms with Crippen LogP contribution in [0.5, 0.6) is 0 Å². The molecule has 0 saturated heterocycles. The molecule has 90 valence electrons. The molecule has 0 spiro atoms. The molecule has 0 unspecified atom stereocenters. The van der Waals surface area contributed by atoms with Crippen molar-refractivity contribution >= 4 is 5.91 Å². The normalized spacial score (nSPS) is 10.8. The number of hydrogen-bond acceptors (Lipinski definition) is 4. The third-order valence-electron chi connectivity index (χ3n) is 1.93. The van der Waals surface area contributed by atoms with Crippen LogP contribution in [0.2, 0.25) is 0 Å². The second-order valence-electron chi connectivity index (χ2n) is 3.28. The van der Waals surface area contributed by atoms with Gasteiger partial charge in [-0.05, 0) is 0 Å². The maximum absolute atomic E-state index is 12.0. The van der Waals surface area contributed by atoms with Crippen molar-refractivity contribution in [3.8, 4) is 0 Å². The van der Waals surface area contributed by atoms with Crippen LogP contribution in [0, 0.1) is 0 Å².